The predicted molar refractivity (Wildman–Crippen MR) is 120 cm³/mol. The number of hydrazine groups is 1. The van der Waals surface area contributed by atoms with Crippen molar-refractivity contribution in [3.8, 4) is 5.88 Å². The highest BCUT2D eigenvalue weighted by Gasteiger charge is 2.43. The molecule has 1 aromatic heterocycles. The molecule has 0 spiro atoms. The number of aliphatic hydroxyl groups excluding tert-OH is 1. The summed E-state index contributed by atoms with van der Waals surface area (Å²) in [4.78, 5) is 4.21. The molecule has 6 nitrogen and oxygen atoms in total. The van der Waals surface area contributed by atoms with E-state index in [2.05, 4.69) is 17.0 Å². The summed E-state index contributed by atoms with van der Waals surface area (Å²) < 4.78 is 19.0. The molecule has 7 heteroatoms. The van der Waals surface area contributed by atoms with Crippen molar-refractivity contribution >= 4 is 5.70 Å². The summed E-state index contributed by atoms with van der Waals surface area (Å²) in [5.74, 6) is 0.151. The molecule has 3 rings (SSSR count). The fraction of sp³-hybridized carbons (Fsp3) is 0.208. The molecule has 0 amide bonds. The molecule has 0 fully saturated rings. The van der Waals surface area contributed by atoms with Gasteiger partial charge in [0.05, 0.1) is 31.5 Å². The zero-order valence-electron chi connectivity index (χ0n) is 17.7. The van der Waals surface area contributed by atoms with Gasteiger partial charge in [-0.25, -0.2) is 14.8 Å². The van der Waals surface area contributed by atoms with Crippen molar-refractivity contribution in [1.82, 2.24) is 15.4 Å². The third-order valence-corrected chi connectivity index (χ3v) is 5.19. The van der Waals surface area contributed by atoms with Gasteiger partial charge in [0.2, 0.25) is 5.88 Å². The molecule has 2 heterocycles. The van der Waals surface area contributed by atoms with Crippen LogP contribution in [-0.2, 0) is 5.54 Å². The lowest BCUT2D eigenvalue weighted by atomic mass is 9.80. The Labute approximate surface area is 181 Å². The van der Waals surface area contributed by atoms with Crippen molar-refractivity contribution in [2.45, 2.75) is 12.5 Å². The van der Waals surface area contributed by atoms with Crippen LogP contribution in [0.15, 0.2) is 84.7 Å². The molecule has 0 bridgehead atoms. The highest BCUT2D eigenvalue weighted by Crippen LogP contribution is 2.45. The maximum atomic E-state index is 13.7. The van der Waals surface area contributed by atoms with Gasteiger partial charge in [-0.15, -0.1) is 0 Å². The van der Waals surface area contributed by atoms with E-state index in [0.29, 0.717) is 12.4 Å². The molecule has 1 aliphatic rings. The lowest BCUT2D eigenvalue weighted by Crippen LogP contribution is -2.45. The molecular weight excluding hydrogens is 395 g/mol. The number of allylic oxidation sites excluding steroid dienone is 3. The van der Waals surface area contributed by atoms with Crippen LogP contribution in [0.3, 0.4) is 0 Å². The number of hydrogen-bond acceptors (Lipinski definition) is 6. The molecule has 2 aromatic rings. The fourth-order valence-electron chi connectivity index (χ4n) is 3.86. The molecule has 1 aliphatic heterocycles. The van der Waals surface area contributed by atoms with E-state index in [1.165, 1.54) is 18.3 Å². The molecule has 1 aromatic carbocycles. The van der Waals surface area contributed by atoms with Crippen LogP contribution in [0, 0.1) is 5.82 Å². The molecule has 4 N–H and O–H groups in total. The predicted octanol–water partition coefficient (Wildman–Crippen LogP) is 3.25. The zero-order valence-corrected chi connectivity index (χ0v) is 17.7. The van der Waals surface area contributed by atoms with Crippen LogP contribution in [0.2, 0.25) is 0 Å². The van der Waals surface area contributed by atoms with Gasteiger partial charge >= 0.3 is 0 Å². The minimum Gasteiger partial charge on any atom is -0.481 e. The number of methoxy groups -OCH3 is 1. The number of aromatic nitrogens is 1. The maximum absolute atomic E-state index is 13.7. The minimum absolute atomic E-state index is 0.0707. The highest BCUT2D eigenvalue weighted by atomic mass is 19.1. The second-order valence-electron chi connectivity index (χ2n) is 7.15. The van der Waals surface area contributed by atoms with Gasteiger partial charge < -0.3 is 20.6 Å². The van der Waals surface area contributed by atoms with Crippen molar-refractivity contribution in [1.29, 1.82) is 0 Å². The summed E-state index contributed by atoms with van der Waals surface area (Å²) >= 11 is 0. The Morgan fingerprint density at radius 2 is 2.10 bits per heavy atom. The van der Waals surface area contributed by atoms with E-state index in [9.17, 15) is 9.50 Å². The van der Waals surface area contributed by atoms with Gasteiger partial charge in [0.15, 0.2) is 0 Å². The van der Waals surface area contributed by atoms with E-state index >= 15 is 0 Å². The Kier molecular flexibility index (Phi) is 6.89. The third kappa shape index (κ3) is 4.38. The van der Waals surface area contributed by atoms with Crippen molar-refractivity contribution < 1.29 is 14.2 Å². The van der Waals surface area contributed by atoms with Crippen molar-refractivity contribution in [2.24, 2.45) is 5.73 Å². The molecule has 0 saturated carbocycles. The summed E-state index contributed by atoms with van der Waals surface area (Å²) in [6.07, 6.45) is 8.48. The summed E-state index contributed by atoms with van der Waals surface area (Å²) in [6, 6.07) is 10.0. The number of ether oxygens (including phenoxy) is 1. The first-order valence-electron chi connectivity index (χ1n) is 9.87. The largest absolute Gasteiger partial charge is 0.481 e. The number of aliphatic hydroxyl groups is 1. The Morgan fingerprint density at radius 3 is 2.71 bits per heavy atom. The molecule has 1 atom stereocenters. The lowest BCUT2D eigenvalue weighted by molar-refractivity contribution is 0.182. The molecule has 162 valence electrons. The van der Waals surface area contributed by atoms with Gasteiger partial charge in [0.1, 0.15) is 5.82 Å². The smallest absolute Gasteiger partial charge is 0.213 e. The average molecular weight is 423 g/mol. The topological polar surface area (TPSA) is 83.6 Å². The fourth-order valence-corrected chi connectivity index (χ4v) is 3.86. The number of rotatable bonds is 8. The quantitative estimate of drug-likeness (QED) is 0.567. The number of nitrogens with two attached hydrogens (primary N) is 1. The maximum Gasteiger partial charge on any atom is 0.213 e. The summed E-state index contributed by atoms with van der Waals surface area (Å²) in [5, 5.41) is 11.6. The van der Waals surface area contributed by atoms with Crippen LogP contribution in [0.1, 0.15) is 18.1 Å². The van der Waals surface area contributed by atoms with Crippen molar-refractivity contribution in [3.05, 3.63) is 102 Å². The number of β-amino-alcohol motifs (C(OH)–C–C–N with tert-alkyl or cyclic N) is 1. The van der Waals surface area contributed by atoms with Gasteiger partial charge in [-0.3, -0.25) is 0 Å². The number of nitrogens with zero attached hydrogens (tertiary/aromatic N) is 2. The van der Waals surface area contributed by atoms with Crippen LogP contribution in [-0.4, -0.2) is 35.4 Å². The summed E-state index contributed by atoms with van der Waals surface area (Å²) in [7, 11) is 1.56. The van der Waals surface area contributed by atoms with Gasteiger partial charge in [0.25, 0.3) is 0 Å². The average Bonchev–Trinajstić information content (AvgIpc) is 3.07. The molecule has 0 aliphatic carbocycles. The first-order valence-corrected chi connectivity index (χ1v) is 9.87. The van der Waals surface area contributed by atoms with Gasteiger partial charge in [-0.1, -0.05) is 30.9 Å². The van der Waals surface area contributed by atoms with E-state index < -0.39 is 5.54 Å². The minimum atomic E-state index is -0.747. The van der Waals surface area contributed by atoms with Crippen LogP contribution in [0.4, 0.5) is 4.39 Å². The van der Waals surface area contributed by atoms with E-state index in [-0.39, 0.29) is 12.4 Å². The van der Waals surface area contributed by atoms with E-state index in [1.807, 2.05) is 30.1 Å². The highest BCUT2D eigenvalue weighted by molar-refractivity contribution is 5.78. The van der Waals surface area contributed by atoms with Crippen molar-refractivity contribution in [3.63, 3.8) is 0 Å². The third-order valence-electron chi connectivity index (χ3n) is 5.19. The number of pyridine rings is 1. The van der Waals surface area contributed by atoms with Gasteiger partial charge in [-0.2, -0.15) is 0 Å². The van der Waals surface area contributed by atoms with E-state index in [0.717, 1.165) is 28.0 Å². The Balaban J connectivity index is 2.36. The van der Waals surface area contributed by atoms with Crippen LogP contribution >= 0.6 is 0 Å². The van der Waals surface area contributed by atoms with Crippen molar-refractivity contribution in [2.75, 3.05) is 20.3 Å². The van der Waals surface area contributed by atoms with E-state index in [4.69, 9.17) is 10.5 Å². The first-order chi connectivity index (χ1) is 15.0. The summed E-state index contributed by atoms with van der Waals surface area (Å²) in [6.45, 7) is 6.10. The zero-order chi connectivity index (χ0) is 22.4. The first kappa shape index (κ1) is 22.3. The number of hydrogen-bond donors (Lipinski definition) is 3. The summed E-state index contributed by atoms with van der Waals surface area (Å²) in [5.41, 5.74) is 12.8. The standard InChI is InChI=1S/C24H27FN4O2/c1-4-5-17(10-12-26)22-23(18-11-13-27-21(16-18)31-3)29(14-15-30)28-24(22,2)19-6-8-20(25)9-7-19/h4-13,16,28,30H,1,14-15,26H2,2-3H3/b12-10-,17-5+. The molecule has 31 heavy (non-hydrogen) atoms. The molecule has 0 saturated heterocycles. The number of benzene rings is 1. The van der Waals surface area contributed by atoms with Crippen LogP contribution in [0.5, 0.6) is 5.88 Å². The molecular formula is C24H27FN4O2. The normalized spacial score (nSPS) is 19.4. The molecule has 1 unspecified atom stereocenters. The second-order valence-corrected chi connectivity index (χ2v) is 7.15. The lowest BCUT2D eigenvalue weighted by Gasteiger charge is -2.31. The Morgan fingerprint density at radius 1 is 1.35 bits per heavy atom. The second kappa shape index (κ2) is 9.59. The monoisotopic (exact) mass is 422 g/mol. The van der Waals surface area contributed by atoms with Crippen LogP contribution in [0.25, 0.3) is 5.70 Å². The SMILES string of the molecule is C=C/C=C(\C=C/N)C1=C(c2ccnc(OC)c2)N(CCO)NC1(C)c1ccc(F)cc1. The van der Waals surface area contributed by atoms with Crippen LogP contribution < -0.4 is 15.9 Å². The Hall–Kier alpha value is -3.42. The Bertz CT molecular complexity index is 1030. The van der Waals surface area contributed by atoms with Gasteiger partial charge in [-0.05, 0) is 48.5 Å². The molecule has 0 radical (unpaired) electrons. The van der Waals surface area contributed by atoms with E-state index in [1.54, 1.807) is 37.6 Å². The number of nitrogens with one attached hydrogen (secondary N) is 1. The number of halogens is 1. The van der Waals surface area contributed by atoms with Gasteiger partial charge in [0, 0.05) is 23.4 Å².